The predicted molar refractivity (Wildman–Crippen MR) is 76.1 cm³/mol. The molecule has 124 valence electrons. The Balaban J connectivity index is 1.84. The molecule has 0 aliphatic rings. The van der Waals surface area contributed by atoms with Crippen LogP contribution in [0.25, 0.3) is 11.4 Å². The first-order valence-corrected chi connectivity index (χ1v) is 6.73. The van der Waals surface area contributed by atoms with Crippen molar-refractivity contribution in [2.75, 3.05) is 5.73 Å². The van der Waals surface area contributed by atoms with Gasteiger partial charge in [-0.25, -0.2) is 9.37 Å². The molecule has 0 unspecified atom stereocenters. The highest BCUT2D eigenvalue weighted by molar-refractivity contribution is 5.55. The van der Waals surface area contributed by atoms with Gasteiger partial charge in [0.2, 0.25) is 11.7 Å². The number of nitrogens with zero attached hydrogens (tertiary/aromatic N) is 3. The fraction of sp³-hybridized carbons (Fsp3) is 0.133. The van der Waals surface area contributed by atoms with Gasteiger partial charge in [-0.15, -0.1) is 0 Å². The van der Waals surface area contributed by atoms with Gasteiger partial charge in [0.25, 0.3) is 0 Å². The summed E-state index contributed by atoms with van der Waals surface area (Å²) < 4.78 is 56.3. The molecule has 1 aromatic carbocycles. The van der Waals surface area contributed by atoms with Crippen LogP contribution in [0.2, 0.25) is 0 Å². The molecule has 0 spiro atoms. The number of nitrogen functional groups attached to an aromatic ring is 1. The Morgan fingerprint density at radius 1 is 1.12 bits per heavy atom. The molecule has 9 heteroatoms. The molecule has 0 aliphatic carbocycles. The van der Waals surface area contributed by atoms with Gasteiger partial charge in [-0.05, 0) is 29.8 Å². The van der Waals surface area contributed by atoms with Crippen LogP contribution in [0.5, 0.6) is 0 Å². The number of benzene rings is 1. The summed E-state index contributed by atoms with van der Waals surface area (Å²) in [5.41, 5.74) is 5.08. The van der Waals surface area contributed by atoms with Crippen LogP contribution >= 0.6 is 0 Å². The Morgan fingerprint density at radius 2 is 1.92 bits per heavy atom. The SMILES string of the molecule is Nc1cc(Cc2nc(-c3ccc(C(F)(F)F)c(F)c3)no2)ccn1. The number of hydrogen-bond acceptors (Lipinski definition) is 5. The summed E-state index contributed by atoms with van der Waals surface area (Å²) in [5, 5.41) is 3.66. The van der Waals surface area contributed by atoms with Crippen molar-refractivity contribution in [2.45, 2.75) is 12.6 Å². The Morgan fingerprint density at radius 3 is 2.58 bits per heavy atom. The second kappa shape index (κ2) is 5.91. The van der Waals surface area contributed by atoms with Gasteiger partial charge in [0.1, 0.15) is 11.6 Å². The lowest BCUT2D eigenvalue weighted by Gasteiger charge is -2.07. The van der Waals surface area contributed by atoms with Gasteiger partial charge in [0, 0.05) is 11.8 Å². The average molecular weight is 338 g/mol. The van der Waals surface area contributed by atoms with Crippen molar-refractivity contribution in [3.63, 3.8) is 0 Å². The fourth-order valence-electron chi connectivity index (χ4n) is 2.11. The molecule has 0 saturated carbocycles. The molecular weight excluding hydrogens is 328 g/mol. The Bertz CT molecular complexity index is 876. The van der Waals surface area contributed by atoms with E-state index in [0.717, 1.165) is 17.7 Å². The van der Waals surface area contributed by atoms with Crippen molar-refractivity contribution in [3.8, 4) is 11.4 Å². The van der Waals surface area contributed by atoms with E-state index in [1.54, 1.807) is 12.1 Å². The maximum absolute atomic E-state index is 13.6. The first kappa shape index (κ1) is 15.9. The third-order valence-electron chi connectivity index (χ3n) is 3.20. The molecule has 0 saturated heterocycles. The summed E-state index contributed by atoms with van der Waals surface area (Å²) in [4.78, 5) is 7.90. The molecule has 3 aromatic rings. The molecule has 0 amide bonds. The highest BCUT2D eigenvalue weighted by Gasteiger charge is 2.34. The first-order chi connectivity index (χ1) is 11.3. The van der Waals surface area contributed by atoms with Gasteiger partial charge in [-0.2, -0.15) is 18.2 Å². The van der Waals surface area contributed by atoms with E-state index in [4.69, 9.17) is 10.3 Å². The van der Waals surface area contributed by atoms with Crippen LogP contribution < -0.4 is 5.73 Å². The second-order valence-electron chi connectivity index (χ2n) is 4.97. The van der Waals surface area contributed by atoms with Gasteiger partial charge in [0.15, 0.2) is 0 Å². The Kier molecular flexibility index (Phi) is 3.92. The number of nitrogens with two attached hydrogens (primary N) is 1. The van der Waals surface area contributed by atoms with Crippen LogP contribution in [0.1, 0.15) is 17.0 Å². The summed E-state index contributed by atoms with van der Waals surface area (Å²) >= 11 is 0. The molecule has 24 heavy (non-hydrogen) atoms. The predicted octanol–water partition coefficient (Wildman–Crippen LogP) is 3.46. The molecular formula is C15H10F4N4O. The molecule has 5 nitrogen and oxygen atoms in total. The van der Waals surface area contributed by atoms with E-state index in [2.05, 4.69) is 15.1 Å². The molecule has 2 heterocycles. The zero-order valence-electron chi connectivity index (χ0n) is 12.0. The summed E-state index contributed by atoms with van der Waals surface area (Å²) in [5.74, 6) is -0.846. The number of rotatable bonds is 3. The minimum Gasteiger partial charge on any atom is -0.384 e. The van der Waals surface area contributed by atoms with E-state index in [0.29, 0.717) is 11.9 Å². The standard InChI is InChI=1S/C15H10F4N4O/c16-11-7-9(1-2-10(11)15(17,18)19)14-22-13(24-23-14)6-8-3-4-21-12(20)5-8/h1-5,7H,6H2,(H2,20,21). The number of alkyl halides is 3. The number of pyridine rings is 1. The quantitative estimate of drug-likeness (QED) is 0.740. The largest absolute Gasteiger partial charge is 0.419 e. The lowest BCUT2D eigenvalue weighted by atomic mass is 10.1. The van der Waals surface area contributed by atoms with Crippen molar-refractivity contribution < 1.29 is 22.1 Å². The molecule has 0 atom stereocenters. The Labute approximate surface area is 133 Å². The van der Waals surface area contributed by atoms with Gasteiger partial charge < -0.3 is 10.3 Å². The zero-order valence-corrected chi connectivity index (χ0v) is 12.0. The normalized spacial score (nSPS) is 11.7. The molecule has 0 fully saturated rings. The lowest BCUT2D eigenvalue weighted by Crippen LogP contribution is -2.07. The van der Waals surface area contributed by atoms with Gasteiger partial charge in [0.05, 0.1) is 12.0 Å². The van der Waals surface area contributed by atoms with Crippen LogP contribution in [0.15, 0.2) is 41.1 Å². The van der Waals surface area contributed by atoms with Crippen molar-refractivity contribution >= 4 is 5.82 Å². The number of halogens is 4. The molecule has 3 rings (SSSR count). The van der Waals surface area contributed by atoms with E-state index < -0.39 is 17.6 Å². The summed E-state index contributed by atoms with van der Waals surface area (Å²) in [6, 6.07) is 5.79. The maximum Gasteiger partial charge on any atom is 0.419 e. The number of hydrogen-bond donors (Lipinski definition) is 1. The van der Waals surface area contributed by atoms with Crippen LogP contribution in [-0.2, 0) is 12.6 Å². The van der Waals surface area contributed by atoms with Gasteiger partial charge in [-0.1, -0.05) is 11.2 Å². The molecule has 0 bridgehead atoms. The average Bonchev–Trinajstić information content (AvgIpc) is 2.94. The summed E-state index contributed by atoms with van der Waals surface area (Å²) in [6.45, 7) is 0. The van der Waals surface area contributed by atoms with E-state index in [1.165, 1.54) is 6.20 Å². The fourth-order valence-corrected chi connectivity index (χ4v) is 2.11. The van der Waals surface area contributed by atoms with Crippen LogP contribution in [0.4, 0.5) is 23.4 Å². The van der Waals surface area contributed by atoms with E-state index in [9.17, 15) is 17.6 Å². The topological polar surface area (TPSA) is 77.8 Å². The van der Waals surface area contributed by atoms with Crippen LogP contribution in [-0.4, -0.2) is 15.1 Å². The third-order valence-corrected chi connectivity index (χ3v) is 3.20. The van der Waals surface area contributed by atoms with Crippen LogP contribution in [0.3, 0.4) is 0 Å². The zero-order chi connectivity index (χ0) is 17.3. The first-order valence-electron chi connectivity index (χ1n) is 6.73. The third kappa shape index (κ3) is 3.34. The smallest absolute Gasteiger partial charge is 0.384 e. The minimum absolute atomic E-state index is 0.000322. The van der Waals surface area contributed by atoms with E-state index in [1.807, 2.05) is 0 Å². The Hall–Kier alpha value is -2.97. The monoisotopic (exact) mass is 338 g/mol. The number of anilines is 1. The second-order valence-corrected chi connectivity index (χ2v) is 4.97. The summed E-state index contributed by atoms with van der Waals surface area (Å²) in [7, 11) is 0. The van der Waals surface area contributed by atoms with Crippen molar-refractivity contribution in [1.29, 1.82) is 0 Å². The maximum atomic E-state index is 13.6. The van der Waals surface area contributed by atoms with Gasteiger partial charge in [-0.3, -0.25) is 0 Å². The lowest BCUT2D eigenvalue weighted by molar-refractivity contribution is -0.139. The highest BCUT2D eigenvalue weighted by Crippen LogP contribution is 2.33. The number of aromatic nitrogens is 3. The van der Waals surface area contributed by atoms with Crippen molar-refractivity contribution in [1.82, 2.24) is 15.1 Å². The summed E-state index contributed by atoms with van der Waals surface area (Å²) in [6.07, 6.45) is -2.97. The molecule has 0 aliphatic heterocycles. The van der Waals surface area contributed by atoms with E-state index >= 15 is 0 Å². The minimum atomic E-state index is -4.76. The molecule has 2 N–H and O–H groups in total. The van der Waals surface area contributed by atoms with Crippen LogP contribution in [0, 0.1) is 5.82 Å². The highest BCUT2D eigenvalue weighted by atomic mass is 19.4. The van der Waals surface area contributed by atoms with Crippen molar-refractivity contribution in [3.05, 3.63) is 59.4 Å². The van der Waals surface area contributed by atoms with E-state index in [-0.39, 0.29) is 23.7 Å². The van der Waals surface area contributed by atoms with Gasteiger partial charge >= 0.3 is 6.18 Å². The molecule has 2 aromatic heterocycles. The molecule has 0 radical (unpaired) electrons. The van der Waals surface area contributed by atoms with Crippen molar-refractivity contribution in [2.24, 2.45) is 0 Å².